The molecule has 0 radical (unpaired) electrons. The Morgan fingerprint density at radius 2 is 1.95 bits per heavy atom. The summed E-state index contributed by atoms with van der Waals surface area (Å²) in [6.07, 6.45) is 2.47. The third-order valence-electron chi connectivity index (χ3n) is 2.96. The van der Waals surface area contributed by atoms with Crippen LogP contribution in [-0.4, -0.2) is 29.7 Å². The minimum absolute atomic E-state index is 0.234. The number of rotatable bonds is 5. The minimum atomic E-state index is -0.949. The van der Waals surface area contributed by atoms with Crippen LogP contribution >= 0.6 is 0 Å². The summed E-state index contributed by atoms with van der Waals surface area (Å²) in [4.78, 5) is 17.2. The zero-order valence-corrected chi connectivity index (χ0v) is 10.8. The monoisotopic (exact) mass is 256 g/mol. The maximum Gasteiger partial charge on any atom is 0.339 e. The first-order chi connectivity index (χ1) is 9.18. The fourth-order valence-electron chi connectivity index (χ4n) is 1.92. The van der Waals surface area contributed by atoms with Crippen LogP contribution in [0.4, 0.5) is 5.82 Å². The molecule has 1 heterocycles. The van der Waals surface area contributed by atoms with E-state index in [1.807, 2.05) is 30.1 Å². The third-order valence-corrected chi connectivity index (χ3v) is 2.96. The molecule has 1 aromatic heterocycles. The highest BCUT2D eigenvalue weighted by atomic mass is 16.4. The molecule has 1 aromatic carbocycles. The number of pyridine rings is 1. The van der Waals surface area contributed by atoms with Gasteiger partial charge < -0.3 is 10.0 Å². The molecule has 0 unspecified atom stereocenters. The zero-order chi connectivity index (χ0) is 13.7. The van der Waals surface area contributed by atoms with Crippen LogP contribution in [0.2, 0.25) is 0 Å². The quantitative estimate of drug-likeness (QED) is 0.892. The van der Waals surface area contributed by atoms with E-state index in [-0.39, 0.29) is 5.56 Å². The predicted octanol–water partition coefficient (Wildman–Crippen LogP) is 2.46. The van der Waals surface area contributed by atoms with E-state index in [2.05, 4.69) is 17.1 Å². The van der Waals surface area contributed by atoms with Crippen molar-refractivity contribution < 1.29 is 9.90 Å². The largest absolute Gasteiger partial charge is 0.478 e. The fourth-order valence-corrected chi connectivity index (χ4v) is 1.92. The Morgan fingerprint density at radius 3 is 2.63 bits per heavy atom. The van der Waals surface area contributed by atoms with Crippen LogP contribution in [0.5, 0.6) is 0 Å². The molecule has 2 rings (SSSR count). The van der Waals surface area contributed by atoms with Gasteiger partial charge in [0, 0.05) is 19.8 Å². The van der Waals surface area contributed by atoms with Crippen molar-refractivity contribution in [3.8, 4) is 0 Å². The van der Waals surface area contributed by atoms with Gasteiger partial charge in [0.2, 0.25) is 0 Å². The Labute approximate surface area is 112 Å². The molecule has 0 aliphatic carbocycles. The van der Waals surface area contributed by atoms with Crippen molar-refractivity contribution in [2.45, 2.75) is 6.42 Å². The van der Waals surface area contributed by atoms with Crippen LogP contribution in [0.1, 0.15) is 15.9 Å². The first kappa shape index (κ1) is 13.1. The molecule has 0 aliphatic heterocycles. The first-order valence-electron chi connectivity index (χ1n) is 6.12. The van der Waals surface area contributed by atoms with Gasteiger partial charge in [0.25, 0.3) is 0 Å². The van der Waals surface area contributed by atoms with Crippen LogP contribution in [0.3, 0.4) is 0 Å². The molecule has 0 fully saturated rings. The van der Waals surface area contributed by atoms with Gasteiger partial charge in [0.1, 0.15) is 11.4 Å². The Morgan fingerprint density at radius 1 is 1.21 bits per heavy atom. The van der Waals surface area contributed by atoms with Crippen molar-refractivity contribution in [3.63, 3.8) is 0 Å². The summed E-state index contributed by atoms with van der Waals surface area (Å²) in [5, 5.41) is 9.13. The maximum atomic E-state index is 11.1. The van der Waals surface area contributed by atoms with Gasteiger partial charge >= 0.3 is 5.97 Å². The van der Waals surface area contributed by atoms with E-state index in [0.29, 0.717) is 5.82 Å². The molecule has 0 spiro atoms. The van der Waals surface area contributed by atoms with Gasteiger partial charge in [0.05, 0.1) is 0 Å². The number of aromatic carboxylic acids is 1. The SMILES string of the molecule is CN(CCc1ccccc1)c1ncccc1C(=O)O. The molecule has 0 saturated carbocycles. The molecule has 4 heteroatoms. The van der Waals surface area contributed by atoms with Gasteiger partial charge in [0.15, 0.2) is 0 Å². The molecule has 4 nitrogen and oxygen atoms in total. The minimum Gasteiger partial charge on any atom is -0.478 e. The number of likely N-dealkylation sites (N-methyl/N-ethyl adjacent to an activating group) is 1. The summed E-state index contributed by atoms with van der Waals surface area (Å²) in [5.41, 5.74) is 1.46. The third kappa shape index (κ3) is 3.31. The first-order valence-corrected chi connectivity index (χ1v) is 6.12. The van der Waals surface area contributed by atoms with E-state index in [1.165, 1.54) is 5.56 Å². The molecule has 0 amide bonds. The molecule has 19 heavy (non-hydrogen) atoms. The van der Waals surface area contributed by atoms with Crippen molar-refractivity contribution in [2.75, 3.05) is 18.5 Å². The highest BCUT2D eigenvalue weighted by Gasteiger charge is 2.13. The summed E-state index contributed by atoms with van der Waals surface area (Å²) in [6.45, 7) is 0.724. The lowest BCUT2D eigenvalue weighted by atomic mass is 10.1. The molecule has 2 aromatic rings. The van der Waals surface area contributed by atoms with Gasteiger partial charge in [-0.1, -0.05) is 30.3 Å². The molecule has 98 valence electrons. The van der Waals surface area contributed by atoms with Gasteiger partial charge in [-0.2, -0.15) is 0 Å². The summed E-state index contributed by atoms with van der Waals surface area (Å²) in [7, 11) is 1.86. The average molecular weight is 256 g/mol. The molecule has 0 bridgehead atoms. The topological polar surface area (TPSA) is 53.4 Å². The molecule has 1 N–H and O–H groups in total. The lowest BCUT2D eigenvalue weighted by Crippen LogP contribution is -2.23. The average Bonchev–Trinajstić information content (AvgIpc) is 2.46. The van der Waals surface area contributed by atoms with E-state index >= 15 is 0 Å². The summed E-state index contributed by atoms with van der Waals surface area (Å²) >= 11 is 0. The van der Waals surface area contributed by atoms with Crippen LogP contribution < -0.4 is 4.90 Å². The number of aromatic nitrogens is 1. The molecule has 0 aliphatic rings. The molecule has 0 saturated heterocycles. The Hall–Kier alpha value is -2.36. The highest BCUT2D eigenvalue weighted by molar-refractivity contribution is 5.93. The van der Waals surface area contributed by atoms with Gasteiger partial charge in [-0.25, -0.2) is 9.78 Å². The van der Waals surface area contributed by atoms with Crippen molar-refractivity contribution in [1.82, 2.24) is 4.98 Å². The van der Waals surface area contributed by atoms with Gasteiger partial charge in [-0.15, -0.1) is 0 Å². The van der Waals surface area contributed by atoms with Crippen LogP contribution in [0.25, 0.3) is 0 Å². The normalized spacial score (nSPS) is 10.2. The van der Waals surface area contributed by atoms with E-state index < -0.39 is 5.97 Å². The Kier molecular flexibility index (Phi) is 4.13. The lowest BCUT2D eigenvalue weighted by Gasteiger charge is -2.19. The van der Waals surface area contributed by atoms with Gasteiger partial charge in [-0.3, -0.25) is 0 Å². The fraction of sp³-hybridized carbons (Fsp3) is 0.200. The number of carbonyl (C=O) groups is 1. The van der Waals surface area contributed by atoms with Crippen molar-refractivity contribution in [1.29, 1.82) is 0 Å². The van der Waals surface area contributed by atoms with E-state index in [4.69, 9.17) is 5.11 Å². The van der Waals surface area contributed by atoms with Crippen molar-refractivity contribution in [2.24, 2.45) is 0 Å². The van der Waals surface area contributed by atoms with Crippen LogP contribution in [0, 0.1) is 0 Å². The number of hydrogen-bond acceptors (Lipinski definition) is 3. The molecule has 0 atom stereocenters. The highest BCUT2D eigenvalue weighted by Crippen LogP contribution is 2.16. The molecular weight excluding hydrogens is 240 g/mol. The van der Waals surface area contributed by atoms with Crippen LogP contribution in [-0.2, 0) is 6.42 Å². The lowest BCUT2D eigenvalue weighted by molar-refractivity contribution is 0.0697. The second-order valence-electron chi connectivity index (χ2n) is 4.34. The van der Waals surface area contributed by atoms with E-state index in [0.717, 1.165) is 13.0 Å². The van der Waals surface area contributed by atoms with Crippen LogP contribution in [0.15, 0.2) is 48.7 Å². The number of benzene rings is 1. The standard InChI is InChI=1S/C15H16N2O2/c1-17(11-9-12-6-3-2-4-7-12)14-13(15(18)19)8-5-10-16-14/h2-8,10H,9,11H2,1H3,(H,18,19). The molecular formula is C15H16N2O2. The van der Waals surface area contributed by atoms with E-state index in [9.17, 15) is 4.79 Å². The van der Waals surface area contributed by atoms with Gasteiger partial charge in [-0.05, 0) is 24.1 Å². The number of anilines is 1. The summed E-state index contributed by atoms with van der Waals surface area (Å²) in [6, 6.07) is 13.3. The number of nitrogens with zero attached hydrogens (tertiary/aromatic N) is 2. The van der Waals surface area contributed by atoms with E-state index in [1.54, 1.807) is 18.3 Å². The number of carboxylic acids is 1. The predicted molar refractivity (Wildman–Crippen MR) is 74.6 cm³/mol. The Balaban J connectivity index is 2.08. The summed E-state index contributed by atoms with van der Waals surface area (Å²) < 4.78 is 0. The van der Waals surface area contributed by atoms with Crippen molar-refractivity contribution >= 4 is 11.8 Å². The number of hydrogen-bond donors (Lipinski definition) is 1. The van der Waals surface area contributed by atoms with Crippen molar-refractivity contribution in [3.05, 3.63) is 59.8 Å². The number of carboxylic acid groups (broad SMARTS) is 1. The maximum absolute atomic E-state index is 11.1. The second-order valence-corrected chi connectivity index (χ2v) is 4.34. The zero-order valence-electron chi connectivity index (χ0n) is 10.8. The Bertz CT molecular complexity index is 555. The second kappa shape index (κ2) is 6.00. The smallest absolute Gasteiger partial charge is 0.339 e. The summed E-state index contributed by atoms with van der Waals surface area (Å²) in [5.74, 6) is -0.444.